The summed E-state index contributed by atoms with van der Waals surface area (Å²) >= 11 is 6.00. The molecule has 0 radical (unpaired) electrons. The van der Waals surface area contributed by atoms with Crippen LogP contribution in [0.5, 0.6) is 0 Å². The zero-order chi connectivity index (χ0) is 14.5. The molecule has 21 heavy (non-hydrogen) atoms. The van der Waals surface area contributed by atoms with Gasteiger partial charge in [0.25, 0.3) is 0 Å². The van der Waals surface area contributed by atoms with Crippen molar-refractivity contribution in [3.8, 4) is 0 Å². The fourth-order valence-electron chi connectivity index (χ4n) is 3.99. The number of alkyl halides is 1. The summed E-state index contributed by atoms with van der Waals surface area (Å²) in [6.45, 7) is 1.96. The smallest absolute Gasteiger partial charge is 0.0765 e. The highest BCUT2D eigenvalue weighted by atomic mass is 35.5. The molecule has 2 saturated carbocycles. The Labute approximate surface area is 133 Å². The van der Waals surface area contributed by atoms with Gasteiger partial charge in [-0.3, -0.25) is 9.58 Å². The normalized spacial score (nSPS) is 21.4. The second-order valence-corrected chi connectivity index (χ2v) is 7.05. The molecule has 2 aliphatic rings. The zero-order valence-electron chi connectivity index (χ0n) is 13.0. The first kappa shape index (κ1) is 15.4. The van der Waals surface area contributed by atoms with Crippen LogP contribution in [-0.4, -0.2) is 33.1 Å². The van der Waals surface area contributed by atoms with E-state index in [2.05, 4.69) is 21.8 Å². The Balaban J connectivity index is 1.61. The van der Waals surface area contributed by atoms with Crippen molar-refractivity contribution in [3.05, 3.63) is 18.0 Å². The maximum atomic E-state index is 6.00. The largest absolute Gasteiger partial charge is 0.293 e. The van der Waals surface area contributed by atoms with E-state index < -0.39 is 0 Å². The van der Waals surface area contributed by atoms with E-state index in [9.17, 15) is 0 Å². The van der Waals surface area contributed by atoms with E-state index in [-0.39, 0.29) is 0 Å². The third-order valence-corrected chi connectivity index (χ3v) is 5.36. The van der Waals surface area contributed by atoms with Gasteiger partial charge >= 0.3 is 0 Å². The predicted octanol–water partition coefficient (Wildman–Crippen LogP) is 4.37. The Bertz CT molecular complexity index is 419. The SMILES string of the molecule is ClCCN(Cc1ccn(C2CCCCC2)n1)C1CCCC1. The summed E-state index contributed by atoms with van der Waals surface area (Å²) in [7, 11) is 0. The van der Waals surface area contributed by atoms with E-state index in [1.54, 1.807) is 0 Å². The van der Waals surface area contributed by atoms with Crippen molar-refractivity contribution >= 4 is 11.6 Å². The average Bonchev–Trinajstić information content (AvgIpc) is 3.19. The summed E-state index contributed by atoms with van der Waals surface area (Å²) in [5, 5.41) is 4.86. The summed E-state index contributed by atoms with van der Waals surface area (Å²) in [6.07, 6.45) is 14.3. The summed E-state index contributed by atoms with van der Waals surface area (Å²) in [4.78, 5) is 2.55. The Morgan fingerprint density at radius 2 is 1.81 bits per heavy atom. The Morgan fingerprint density at radius 1 is 1.10 bits per heavy atom. The molecule has 0 aliphatic heterocycles. The number of hydrogen-bond donors (Lipinski definition) is 0. The number of aromatic nitrogens is 2. The first-order chi connectivity index (χ1) is 10.4. The molecule has 0 aromatic carbocycles. The molecule has 118 valence electrons. The van der Waals surface area contributed by atoms with Gasteiger partial charge in [0.2, 0.25) is 0 Å². The second-order valence-electron chi connectivity index (χ2n) is 6.68. The van der Waals surface area contributed by atoms with Gasteiger partial charge in [-0.1, -0.05) is 32.1 Å². The molecule has 1 aromatic heterocycles. The Morgan fingerprint density at radius 3 is 2.52 bits per heavy atom. The van der Waals surface area contributed by atoms with E-state index in [1.807, 2.05) is 0 Å². The van der Waals surface area contributed by atoms with Crippen LogP contribution in [-0.2, 0) is 6.54 Å². The standard InChI is InChI=1S/C17H28ClN3/c18-11-13-20(16-6-4-5-7-16)14-15-10-12-21(19-15)17-8-2-1-3-9-17/h10,12,16-17H,1-9,11,13-14H2. The van der Waals surface area contributed by atoms with Crippen LogP contribution in [0.15, 0.2) is 12.3 Å². The molecular weight excluding hydrogens is 282 g/mol. The zero-order valence-corrected chi connectivity index (χ0v) is 13.8. The fraction of sp³-hybridized carbons (Fsp3) is 0.824. The molecule has 0 bridgehead atoms. The third-order valence-electron chi connectivity index (χ3n) is 5.19. The quantitative estimate of drug-likeness (QED) is 0.727. The molecule has 2 fully saturated rings. The van der Waals surface area contributed by atoms with Crippen molar-refractivity contribution in [3.63, 3.8) is 0 Å². The summed E-state index contributed by atoms with van der Waals surface area (Å²) in [5.74, 6) is 0.722. The van der Waals surface area contributed by atoms with E-state index in [0.29, 0.717) is 6.04 Å². The molecule has 4 heteroatoms. The minimum atomic E-state index is 0.639. The lowest BCUT2D eigenvalue weighted by Gasteiger charge is -2.27. The van der Waals surface area contributed by atoms with E-state index in [4.69, 9.17) is 16.7 Å². The average molecular weight is 310 g/mol. The number of nitrogens with zero attached hydrogens (tertiary/aromatic N) is 3. The van der Waals surface area contributed by atoms with E-state index in [1.165, 1.54) is 63.5 Å². The molecule has 1 heterocycles. The van der Waals surface area contributed by atoms with Gasteiger partial charge in [-0.2, -0.15) is 5.10 Å². The Kier molecular flexibility index (Phi) is 5.59. The van der Waals surface area contributed by atoms with Crippen molar-refractivity contribution < 1.29 is 0 Å². The molecule has 0 amide bonds. The second kappa shape index (κ2) is 7.64. The maximum absolute atomic E-state index is 6.00. The molecule has 1 aromatic rings. The van der Waals surface area contributed by atoms with Crippen molar-refractivity contribution in [2.75, 3.05) is 12.4 Å². The molecule has 3 rings (SSSR count). The van der Waals surface area contributed by atoms with Gasteiger partial charge in [-0.05, 0) is 31.7 Å². The summed E-state index contributed by atoms with van der Waals surface area (Å²) in [5.41, 5.74) is 1.22. The molecule has 0 spiro atoms. The first-order valence-electron chi connectivity index (χ1n) is 8.71. The highest BCUT2D eigenvalue weighted by Gasteiger charge is 2.23. The van der Waals surface area contributed by atoms with Crippen LogP contribution in [0.3, 0.4) is 0 Å². The summed E-state index contributed by atoms with van der Waals surface area (Å²) in [6, 6.07) is 3.58. The first-order valence-corrected chi connectivity index (χ1v) is 9.24. The van der Waals surface area contributed by atoms with Crippen molar-refractivity contribution in [2.45, 2.75) is 76.4 Å². The molecule has 0 atom stereocenters. The number of halogens is 1. The highest BCUT2D eigenvalue weighted by Crippen LogP contribution is 2.28. The van der Waals surface area contributed by atoms with Crippen molar-refractivity contribution in [1.29, 1.82) is 0 Å². The molecular formula is C17H28ClN3. The van der Waals surface area contributed by atoms with Gasteiger partial charge in [0, 0.05) is 31.2 Å². The maximum Gasteiger partial charge on any atom is 0.0765 e. The van der Waals surface area contributed by atoms with Crippen LogP contribution in [0.4, 0.5) is 0 Å². The van der Waals surface area contributed by atoms with Crippen LogP contribution < -0.4 is 0 Å². The number of hydrogen-bond acceptors (Lipinski definition) is 2. The third kappa shape index (κ3) is 4.01. The molecule has 0 N–H and O–H groups in total. The molecule has 3 nitrogen and oxygen atoms in total. The van der Waals surface area contributed by atoms with Crippen LogP contribution in [0, 0.1) is 0 Å². The lowest BCUT2D eigenvalue weighted by molar-refractivity contribution is 0.198. The Hall–Kier alpha value is -0.540. The van der Waals surface area contributed by atoms with Crippen LogP contribution in [0.1, 0.15) is 69.5 Å². The lowest BCUT2D eigenvalue weighted by Crippen LogP contribution is -2.34. The minimum absolute atomic E-state index is 0.639. The molecule has 2 aliphatic carbocycles. The highest BCUT2D eigenvalue weighted by molar-refractivity contribution is 6.18. The number of rotatable bonds is 6. The topological polar surface area (TPSA) is 21.1 Å². The van der Waals surface area contributed by atoms with Gasteiger partial charge < -0.3 is 0 Å². The van der Waals surface area contributed by atoms with Gasteiger partial charge in [0.15, 0.2) is 0 Å². The van der Waals surface area contributed by atoms with Crippen LogP contribution in [0.25, 0.3) is 0 Å². The monoisotopic (exact) mass is 309 g/mol. The minimum Gasteiger partial charge on any atom is -0.293 e. The van der Waals surface area contributed by atoms with E-state index >= 15 is 0 Å². The van der Waals surface area contributed by atoms with Crippen molar-refractivity contribution in [1.82, 2.24) is 14.7 Å². The van der Waals surface area contributed by atoms with Crippen LogP contribution in [0.2, 0.25) is 0 Å². The van der Waals surface area contributed by atoms with Gasteiger partial charge in [0.05, 0.1) is 11.7 Å². The predicted molar refractivity (Wildman–Crippen MR) is 87.7 cm³/mol. The fourth-order valence-corrected chi connectivity index (χ4v) is 4.20. The molecule has 0 saturated heterocycles. The molecule has 0 unspecified atom stereocenters. The summed E-state index contributed by atoms with van der Waals surface area (Å²) < 4.78 is 2.22. The lowest BCUT2D eigenvalue weighted by atomic mass is 9.96. The van der Waals surface area contributed by atoms with Crippen LogP contribution >= 0.6 is 11.6 Å². The van der Waals surface area contributed by atoms with Gasteiger partial charge in [0.1, 0.15) is 0 Å². The van der Waals surface area contributed by atoms with Gasteiger partial charge in [-0.15, -0.1) is 11.6 Å². The van der Waals surface area contributed by atoms with E-state index in [0.717, 1.165) is 25.0 Å². The van der Waals surface area contributed by atoms with Crippen molar-refractivity contribution in [2.24, 2.45) is 0 Å². The van der Waals surface area contributed by atoms with Gasteiger partial charge in [-0.25, -0.2) is 0 Å².